The molecule has 0 spiro atoms. The van der Waals surface area contributed by atoms with Gasteiger partial charge in [0, 0.05) is 0 Å². The highest BCUT2D eigenvalue weighted by Crippen LogP contribution is 2.39. The van der Waals surface area contributed by atoms with Crippen LogP contribution < -0.4 is 0 Å². The van der Waals surface area contributed by atoms with E-state index in [1.54, 1.807) is 6.08 Å². The van der Waals surface area contributed by atoms with Crippen LogP contribution in [0, 0.1) is 0 Å². The molecular weight excluding hydrogens is 368 g/mol. The zero-order chi connectivity index (χ0) is 21.7. The van der Waals surface area contributed by atoms with E-state index in [0.717, 1.165) is 12.0 Å². The summed E-state index contributed by atoms with van der Waals surface area (Å²) in [5.41, 5.74) is 1.15. The summed E-state index contributed by atoms with van der Waals surface area (Å²) in [6.45, 7) is 29.1. The molecule has 0 aromatic rings. The summed E-state index contributed by atoms with van der Waals surface area (Å²) in [6.07, 6.45) is 4.58. The maximum Gasteiger partial charge on any atom is 0.192 e. The Kier molecular flexibility index (Phi) is 9.94. The van der Waals surface area contributed by atoms with Crippen molar-refractivity contribution in [1.82, 2.24) is 0 Å². The van der Waals surface area contributed by atoms with Gasteiger partial charge in [-0.05, 0) is 56.0 Å². The van der Waals surface area contributed by atoms with Gasteiger partial charge in [0.15, 0.2) is 16.6 Å². The van der Waals surface area contributed by atoms with Gasteiger partial charge in [-0.25, -0.2) is 0 Å². The Hall–Kier alpha value is -0.206. The molecule has 1 unspecified atom stereocenters. The van der Waals surface area contributed by atoms with Gasteiger partial charge in [-0.3, -0.25) is 0 Å². The topological polar surface area (TPSA) is 38.7 Å². The van der Waals surface area contributed by atoms with Crippen molar-refractivity contribution in [1.29, 1.82) is 0 Å². The van der Waals surface area contributed by atoms with Gasteiger partial charge < -0.3 is 14.0 Å². The molecule has 160 valence electrons. The largest absolute Gasteiger partial charge is 0.414 e. The van der Waals surface area contributed by atoms with Crippen LogP contribution in [-0.2, 0) is 8.85 Å². The fraction of sp³-hybridized carbons (Fsp3) is 0.818. The van der Waals surface area contributed by atoms with E-state index in [4.69, 9.17) is 8.85 Å². The number of aliphatic hydroxyl groups excluding tert-OH is 1. The van der Waals surface area contributed by atoms with Crippen molar-refractivity contribution in [3.8, 4) is 0 Å². The van der Waals surface area contributed by atoms with E-state index in [1.165, 1.54) is 0 Å². The zero-order valence-corrected chi connectivity index (χ0v) is 21.9. The normalized spacial score (nSPS) is 17.0. The standard InChI is InChI=1S/C22H46O3Si2/c1-13-14-19(23)15-18(2)16-20(25-27(11,12)22(6,7)8)17-24-26(9,10)21(3,4)5/h13,15,19-20,23H,1,14,16-17H2,2-12H3/b18-15+/t19?,20-/m0/s1. The maximum atomic E-state index is 10.1. The summed E-state index contributed by atoms with van der Waals surface area (Å²) in [7, 11) is -3.73. The van der Waals surface area contributed by atoms with Gasteiger partial charge in [0.1, 0.15) is 0 Å². The second kappa shape index (κ2) is 10.0. The first kappa shape index (κ1) is 26.8. The quantitative estimate of drug-likeness (QED) is 0.320. The molecule has 0 radical (unpaired) electrons. The van der Waals surface area contributed by atoms with Crippen LogP contribution in [-0.4, -0.2) is 40.6 Å². The predicted octanol–water partition coefficient (Wildman–Crippen LogP) is 6.67. The first-order chi connectivity index (χ1) is 11.9. The molecular formula is C22H46O3Si2. The van der Waals surface area contributed by atoms with Crippen molar-refractivity contribution in [2.75, 3.05) is 6.61 Å². The second-order valence-electron chi connectivity index (χ2n) is 10.9. The lowest BCUT2D eigenvalue weighted by Crippen LogP contribution is -2.48. The highest BCUT2D eigenvalue weighted by atomic mass is 28.4. The van der Waals surface area contributed by atoms with Gasteiger partial charge in [0.25, 0.3) is 0 Å². The first-order valence-corrected chi connectivity index (χ1v) is 16.0. The van der Waals surface area contributed by atoms with Gasteiger partial charge in [-0.15, -0.1) is 6.58 Å². The highest BCUT2D eigenvalue weighted by molar-refractivity contribution is 6.74. The van der Waals surface area contributed by atoms with Crippen LogP contribution in [0.4, 0.5) is 0 Å². The number of aliphatic hydroxyl groups is 1. The predicted molar refractivity (Wildman–Crippen MR) is 124 cm³/mol. The summed E-state index contributed by atoms with van der Waals surface area (Å²) in [5.74, 6) is 0. The zero-order valence-electron chi connectivity index (χ0n) is 19.9. The molecule has 5 heteroatoms. The van der Waals surface area contributed by atoms with Gasteiger partial charge in [0.05, 0.1) is 18.8 Å². The van der Waals surface area contributed by atoms with Crippen molar-refractivity contribution in [3.05, 3.63) is 24.3 Å². The summed E-state index contributed by atoms with van der Waals surface area (Å²) >= 11 is 0. The number of hydrogen-bond donors (Lipinski definition) is 1. The maximum absolute atomic E-state index is 10.1. The number of rotatable bonds is 10. The molecule has 1 N–H and O–H groups in total. The molecule has 2 atom stereocenters. The van der Waals surface area contributed by atoms with Crippen LogP contribution in [0.1, 0.15) is 61.3 Å². The minimum Gasteiger partial charge on any atom is -0.414 e. The van der Waals surface area contributed by atoms with Crippen LogP contribution in [0.25, 0.3) is 0 Å². The molecule has 0 aliphatic heterocycles. The molecule has 0 aromatic heterocycles. The second-order valence-corrected chi connectivity index (χ2v) is 20.4. The first-order valence-electron chi connectivity index (χ1n) is 10.2. The summed E-state index contributed by atoms with van der Waals surface area (Å²) in [5, 5.41) is 10.4. The van der Waals surface area contributed by atoms with E-state index in [9.17, 15) is 5.11 Å². The average Bonchev–Trinajstić information content (AvgIpc) is 2.42. The van der Waals surface area contributed by atoms with Gasteiger partial charge in [-0.2, -0.15) is 0 Å². The van der Waals surface area contributed by atoms with Crippen molar-refractivity contribution >= 4 is 16.6 Å². The molecule has 0 aliphatic carbocycles. The Morgan fingerprint density at radius 1 is 1.00 bits per heavy atom. The molecule has 0 saturated heterocycles. The SMILES string of the molecule is C=CCC(O)/C=C(\C)C[C@@H](CO[Si](C)(C)C(C)(C)C)O[Si](C)(C)C(C)(C)C. The lowest BCUT2D eigenvalue weighted by molar-refractivity contribution is 0.107. The third-order valence-corrected chi connectivity index (χ3v) is 15.2. The van der Waals surface area contributed by atoms with Crippen molar-refractivity contribution in [3.63, 3.8) is 0 Å². The Morgan fingerprint density at radius 3 is 1.89 bits per heavy atom. The van der Waals surface area contributed by atoms with Crippen molar-refractivity contribution in [2.24, 2.45) is 0 Å². The lowest BCUT2D eigenvalue weighted by Gasteiger charge is -2.41. The molecule has 0 rings (SSSR count). The molecule has 0 saturated carbocycles. The Bertz CT molecular complexity index is 497. The average molecular weight is 415 g/mol. The number of hydrogen-bond acceptors (Lipinski definition) is 3. The van der Waals surface area contributed by atoms with E-state index >= 15 is 0 Å². The third-order valence-electron chi connectivity index (χ3n) is 6.14. The van der Waals surface area contributed by atoms with Gasteiger partial charge in [0.2, 0.25) is 0 Å². The van der Waals surface area contributed by atoms with E-state index < -0.39 is 22.7 Å². The van der Waals surface area contributed by atoms with E-state index in [2.05, 4.69) is 81.2 Å². The fourth-order valence-corrected chi connectivity index (χ4v) is 4.61. The third kappa shape index (κ3) is 9.22. The Balaban J connectivity index is 5.36. The van der Waals surface area contributed by atoms with Crippen LogP contribution in [0.15, 0.2) is 24.3 Å². The highest BCUT2D eigenvalue weighted by Gasteiger charge is 2.41. The summed E-state index contributed by atoms with van der Waals surface area (Å²) < 4.78 is 13.2. The van der Waals surface area contributed by atoms with E-state index in [1.807, 2.05) is 6.08 Å². The molecule has 0 aromatic carbocycles. The van der Waals surface area contributed by atoms with E-state index in [0.29, 0.717) is 13.0 Å². The minimum atomic E-state index is -1.90. The molecule has 0 bridgehead atoms. The Morgan fingerprint density at radius 2 is 1.48 bits per heavy atom. The smallest absolute Gasteiger partial charge is 0.192 e. The molecule has 0 aliphatic rings. The van der Waals surface area contributed by atoms with Crippen molar-refractivity contribution in [2.45, 2.75) is 110 Å². The molecule has 3 nitrogen and oxygen atoms in total. The van der Waals surface area contributed by atoms with Crippen LogP contribution >= 0.6 is 0 Å². The van der Waals surface area contributed by atoms with Crippen LogP contribution in [0.2, 0.25) is 36.3 Å². The van der Waals surface area contributed by atoms with Gasteiger partial charge in [-0.1, -0.05) is 59.3 Å². The molecule has 0 heterocycles. The molecule has 0 fully saturated rings. The molecule has 27 heavy (non-hydrogen) atoms. The van der Waals surface area contributed by atoms with E-state index in [-0.39, 0.29) is 16.2 Å². The minimum absolute atomic E-state index is 0.0206. The molecule has 0 amide bonds. The Labute approximate surface area is 171 Å². The summed E-state index contributed by atoms with van der Waals surface area (Å²) in [4.78, 5) is 0. The van der Waals surface area contributed by atoms with Gasteiger partial charge >= 0.3 is 0 Å². The lowest BCUT2D eigenvalue weighted by atomic mass is 10.1. The monoisotopic (exact) mass is 414 g/mol. The fourth-order valence-electron chi connectivity index (χ4n) is 2.24. The van der Waals surface area contributed by atoms with Crippen molar-refractivity contribution < 1.29 is 14.0 Å². The van der Waals surface area contributed by atoms with Crippen LogP contribution in [0.3, 0.4) is 0 Å². The van der Waals surface area contributed by atoms with Crippen LogP contribution in [0.5, 0.6) is 0 Å². The summed E-state index contributed by atoms with van der Waals surface area (Å²) in [6, 6.07) is 0.